The van der Waals surface area contributed by atoms with Crippen molar-refractivity contribution in [1.29, 1.82) is 0 Å². The Morgan fingerprint density at radius 2 is 2.00 bits per heavy atom. The van der Waals surface area contributed by atoms with Crippen molar-refractivity contribution in [2.75, 3.05) is 30.0 Å². The molecule has 10 nitrogen and oxygen atoms in total. The van der Waals surface area contributed by atoms with E-state index in [-0.39, 0.29) is 13.0 Å². The lowest BCUT2D eigenvalue weighted by molar-refractivity contribution is -0.137. The summed E-state index contributed by atoms with van der Waals surface area (Å²) in [5, 5.41) is 17.1. The zero-order valence-electron chi connectivity index (χ0n) is 18.7. The molecule has 3 N–H and O–H groups in total. The number of benzene rings is 1. The SMILES string of the molecule is CCOC(=O)N=S(C)(=O)c1ccc(Nc2ncc(-c3cccs3)c(NCCCC(=O)O)n2)cc1. The van der Waals surface area contributed by atoms with Gasteiger partial charge in [-0.1, -0.05) is 6.07 Å². The Hall–Kier alpha value is -3.51. The fourth-order valence-electron chi connectivity index (χ4n) is 2.90. The third-order valence-electron chi connectivity index (χ3n) is 4.50. The number of anilines is 3. The molecule has 1 unspecified atom stereocenters. The quantitative estimate of drug-likeness (QED) is 0.331. The van der Waals surface area contributed by atoms with Crippen LogP contribution >= 0.6 is 11.3 Å². The van der Waals surface area contributed by atoms with Gasteiger partial charge in [-0.3, -0.25) is 4.79 Å². The standard InChI is InChI=1S/C22H25N5O5S2/c1-3-32-22(30)27-34(2,31)16-10-8-15(9-11-16)25-21-24-14-17(18-6-5-13-33-18)20(26-21)23-12-4-7-19(28)29/h5-6,8-11,13-14H,3-4,7,12H2,1-2H3,(H,28,29)(H2,23,24,25,26). The van der Waals surface area contributed by atoms with E-state index in [9.17, 15) is 13.8 Å². The first-order valence-electron chi connectivity index (χ1n) is 10.4. The molecule has 0 fully saturated rings. The average molecular weight is 504 g/mol. The Bertz CT molecular complexity index is 1250. The molecule has 0 saturated heterocycles. The largest absolute Gasteiger partial charge is 0.481 e. The van der Waals surface area contributed by atoms with Crippen LogP contribution in [0.2, 0.25) is 0 Å². The Morgan fingerprint density at radius 1 is 1.24 bits per heavy atom. The molecule has 0 aliphatic heterocycles. The van der Waals surface area contributed by atoms with Crippen molar-refractivity contribution >= 4 is 50.6 Å². The number of ether oxygens (including phenoxy) is 1. The zero-order chi connectivity index (χ0) is 24.6. The van der Waals surface area contributed by atoms with Gasteiger partial charge in [-0.2, -0.15) is 4.98 Å². The molecule has 0 spiro atoms. The molecule has 0 aliphatic carbocycles. The molecule has 3 aromatic rings. The molecule has 12 heteroatoms. The predicted octanol–water partition coefficient (Wildman–Crippen LogP) is 4.84. The Labute approximate surface area is 201 Å². The number of carbonyl (C=O) groups excluding carboxylic acids is 1. The summed E-state index contributed by atoms with van der Waals surface area (Å²) < 4.78 is 21.1. The number of rotatable bonds is 10. The van der Waals surface area contributed by atoms with E-state index in [2.05, 4.69) is 25.0 Å². The summed E-state index contributed by atoms with van der Waals surface area (Å²) in [7, 11) is -2.94. The summed E-state index contributed by atoms with van der Waals surface area (Å²) in [6, 6.07) is 10.5. The van der Waals surface area contributed by atoms with Gasteiger partial charge in [0.15, 0.2) is 0 Å². The van der Waals surface area contributed by atoms with Crippen molar-refractivity contribution in [3.05, 3.63) is 48.0 Å². The molecule has 3 rings (SSSR count). The van der Waals surface area contributed by atoms with Crippen molar-refractivity contribution in [1.82, 2.24) is 9.97 Å². The summed E-state index contributed by atoms with van der Waals surface area (Å²) >= 11 is 1.55. The number of nitrogens with one attached hydrogen (secondary N) is 2. The smallest absolute Gasteiger partial charge is 0.442 e. The van der Waals surface area contributed by atoms with Crippen LogP contribution < -0.4 is 10.6 Å². The van der Waals surface area contributed by atoms with Gasteiger partial charge in [0, 0.05) is 40.9 Å². The second-order valence-corrected chi connectivity index (χ2v) is 10.3. The number of carboxylic acid groups (broad SMARTS) is 1. The summed E-state index contributed by atoms with van der Waals surface area (Å²) in [5.41, 5.74) is 1.47. The molecule has 2 aromatic heterocycles. The van der Waals surface area contributed by atoms with Gasteiger partial charge in [-0.25, -0.2) is 14.0 Å². The van der Waals surface area contributed by atoms with Crippen LogP contribution in [0.15, 0.2) is 57.2 Å². The predicted molar refractivity (Wildman–Crippen MR) is 132 cm³/mol. The molecule has 2 heterocycles. The lowest BCUT2D eigenvalue weighted by Gasteiger charge is -2.12. The highest BCUT2D eigenvalue weighted by atomic mass is 32.2. The van der Waals surface area contributed by atoms with E-state index in [0.717, 1.165) is 10.4 Å². The summed E-state index contributed by atoms with van der Waals surface area (Å²) in [4.78, 5) is 32.7. The van der Waals surface area contributed by atoms with E-state index in [1.807, 2.05) is 17.5 Å². The van der Waals surface area contributed by atoms with Gasteiger partial charge in [0.25, 0.3) is 0 Å². The van der Waals surface area contributed by atoms with Crippen LogP contribution in [0, 0.1) is 0 Å². The van der Waals surface area contributed by atoms with Gasteiger partial charge in [0.2, 0.25) is 5.95 Å². The molecule has 0 bridgehead atoms. The third kappa shape index (κ3) is 6.99. The second kappa shape index (κ2) is 11.6. The molecular formula is C22H25N5O5S2. The number of carbonyl (C=O) groups is 2. The number of nitrogens with zero attached hydrogens (tertiary/aromatic N) is 3. The normalized spacial score (nSPS) is 12.4. The van der Waals surface area contributed by atoms with Crippen LogP contribution in [0.5, 0.6) is 0 Å². The number of carboxylic acids is 1. The average Bonchev–Trinajstić information content (AvgIpc) is 3.32. The molecule has 1 atom stereocenters. The Balaban J connectivity index is 1.78. The Morgan fingerprint density at radius 3 is 2.65 bits per heavy atom. The van der Waals surface area contributed by atoms with Crippen LogP contribution in [-0.4, -0.2) is 50.8 Å². The maximum absolute atomic E-state index is 12.7. The first kappa shape index (κ1) is 25.1. The summed E-state index contributed by atoms with van der Waals surface area (Å²) in [6.45, 7) is 2.25. The van der Waals surface area contributed by atoms with Crippen LogP contribution in [0.1, 0.15) is 19.8 Å². The van der Waals surface area contributed by atoms with Crippen molar-refractivity contribution in [3.8, 4) is 10.4 Å². The summed E-state index contributed by atoms with van der Waals surface area (Å²) in [5.74, 6) is 0.0776. The van der Waals surface area contributed by atoms with Crippen LogP contribution in [0.3, 0.4) is 0 Å². The van der Waals surface area contributed by atoms with E-state index in [1.54, 1.807) is 48.7 Å². The highest BCUT2D eigenvalue weighted by Crippen LogP contribution is 2.31. The Kier molecular flexibility index (Phi) is 8.55. The minimum atomic E-state index is -2.94. The van der Waals surface area contributed by atoms with Crippen molar-refractivity contribution < 1.29 is 23.6 Å². The topological polar surface area (TPSA) is 143 Å². The van der Waals surface area contributed by atoms with Gasteiger partial charge in [-0.15, -0.1) is 15.7 Å². The van der Waals surface area contributed by atoms with E-state index < -0.39 is 21.8 Å². The highest BCUT2D eigenvalue weighted by Gasteiger charge is 2.13. The van der Waals surface area contributed by atoms with Crippen LogP contribution in [0.4, 0.5) is 22.2 Å². The molecule has 1 amide bonds. The number of amides is 1. The minimum absolute atomic E-state index is 0.0624. The second-order valence-electron chi connectivity index (χ2n) is 7.10. The van der Waals surface area contributed by atoms with Crippen LogP contribution in [-0.2, 0) is 19.3 Å². The van der Waals surface area contributed by atoms with E-state index in [1.165, 1.54) is 6.26 Å². The lowest BCUT2D eigenvalue weighted by Crippen LogP contribution is -2.09. The molecule has 0 saturated carbocycles. The molecule has 180 valence electrons. The fourth-order valence-corrected chi connectivity index (χ4v) is 4.72. The van der Waals surface area contributed by atoms with Crippen molar-refractivity contribution in [2.45, 2.75) is 24.7 Å². The number of aliphatic carboxylic acids is 1. The molecule has 0 aliphatic rings. The van der Waals surface area contributed by atoms with Gasteiger partial charge in [0.05, 0.1) is 21.9 Å². The third-order valence-corrected chi connectivity index (χ3v) is 7.05. The van der Waals surface area contributed by atoms with Gasteiger partial charge >= 0.3 is 12.1 Å². The summed E-state index contributed by atoms with van der Waals surface area (Å²) in [6.07, 6.45) is 2.74. The fraction of sp³-hybridized carbons (Fsp3) is 0.273. The van der Waals surface area contributed by atoms with E-state index >= 15 is 0 Å². The monoisotopic (exact) mass is 503 g/mol. The molecule has 34 heavy (non-hydrogen) atoms. The number of thiophene rings is 1. The van der Waals surface area contributed by atoms with Crippen molar-refractivity contribution in [2.24, 2.45) is 4.36 Å². The zero-order valence-corrected chi connectivity index (χ0v) is 20.3. The van der Waals surface area contributed by atoms with Gasteiger partial charge < -0.3 is 20.5 Å². The maximum Gasteiger partial charge on any atom is 0.442 e. The lowest BCUT2D eigenvalue weighted by atomic mass is 10.2. The molecule has 1 aromatic carbocycles. The molecular weight excluding hydrogens is 478 g/mol. The van der Waals surface area contributed by atoms with Crippen LogP contribution in [0.25, 0.3) is 10.4 Å². The van der Waals surface area contributed by atoms with Crippen molar-refractivity contribution in [3.63, 3.8) is 0 Å². The minimum Gasteiger partial charge on any atom is -0.481 e. The van der Waals surface area contributed by atoms with E-state index in [4.69, 9.17) is 9.84 Å². The van der Waals surface area contributed by atoms with E-state index in [0.29, 0.717) is 35.3 Å². The van der Waals surface area contributed by atoms with Gasteiger partial charge in [0.1, 0.15) is 5.82 Å². The number of hydrogen-bond donors (Lipinski definition) is 3. The molecule has 0 radical (unpaired) electrons. The maximum atomic E-state index is 12.7. The number of hydrogen-bond acceptors (Lipinski definition) is 9. The first-order valence-corrected chi connectivity index (χ1v) is 13.2. The highest BCUT2D eigenvalue weighted by molar-refractivity contribution is 7.93. The first-order chi connectivity index (χ1) is 16.3. The van der Waals surface area contributed by atoms with Gasteiger partial charge in [-0.05, 0) is 49.1 Å². The number of aromatic nitrogens is 2.